The van der Waals surface area contributed by atoms with Crippen molar-refractivity contribution in [2.45, 2.75) is 47.0 Å². The van der Waals surface area contributed by atoms with Crippen LogP contribution in [0, 0.1) is 5.92 Å². The van der Waals surface area contributed by atoms with Crippen LogP contribution in [-0.4, -0.2) is 85.3 Å². The molecule has 7 nitrogen and oxygen atoms in total. The molecule has 1 unspecified atom stereocenters. The van der Waals surface area contributed by atoms with E-state index in [1.807, 2.05) is 37.6 Å². The highest BCUT2D eigenvalue weighted by Crippen LogP contribution is 2.16. The van der Waals surface area contributed by atoms with Gasteiger partial charge in [-0.3, -0.25) is 14.6 Å². The Labute approximate surface area is 181 Å². The largest absolute Gasteiger partial charge is 0.357 e. The molecule has 0 spiro atoms. The van der Waals surface area contributed by atoms with Crippen molar-refractivity contribution in [3.63, 3.8) is 0 Å². The van der Waals surface area contributed by atoms with Gasteiger partial charge in [-0.1, -0.05) is 6.92 Å². The van der Waals surface area contributed by atoms with Gasteiger partial charge in [0.05, 0.1) is 13.1 Å². The van der Waals surface area contributed by atoms with Crippen molar-refractivity contribution in [3.8, 4) is 0 Å². The van der Waals surface area contributed by atoms with Crippen LogP contribution in [0.4, 0.5) is 0 Å². The Balaban J connectivity index is 0.00000676. The highest BCUT2D eigenvalue weighted by molar-refractivity contribution is 14.0. The number of hydrogen-bond acceptors (Lipinski definition) is 3. The van der Waals surface area contributed by atoms with Gasteiger partial charge in [-0.05, 0) is 39.5 Å². The SMILES string of the molecule is CCNC(=NCCC(=O)N1CCCC(C)C1)N(C)CC(=O)N(CC)CC.I. The zero-order valence-corrected chi connectivity index (χ0v) is 20.0. The molecule has 0 bridgehead atoms. The van der Waals surface area contributed by atoms with Crippen LogP contribution in [0.25, 0.3) is 0 Å². The molecule has 1 aliphatic heterocycles. The van der Waals surface area contributed by atoms with Crippen LogP contribution in [0.3, 0.4) is 0 Å². The Hall–Kier alpha value is -1.06. The van der Waals surface area contributed by atoms with E-state index in [4.69, 9.17) is 0 Å². The first kappa shape index (κ1) is 25.9. The maximum atomic E-state index is 12.4. The third-order valence-electron chi connectivity index (χ3n) is 4.78. The number of halogens is 1. The fourth-order valence-electron chi connectivity index (χ4n) is 3.26. The first-order valence-corrected chi connectivity index (χ1v) is 9.97. The Bertz CT molecular complexity index is 483. The van der Waals surface area contributed by atoms with E-state index in [2.05, 4.69) is 17.2 Å². The summed E-state index contributed by atoms with van der Waals surface area (Å²) in [5.41, 5.74) is 0. The number of hydrogen-bond donors (Lipinski definition) is 1. The molecule has 2 amide bonds. The molecular weight excluding hydrogens is 457 g/mol. The van der Waals surface area contributed by atoms with Gasteiger partial charge in [0.1, 0.15) is 0 Å². The van der Waals surface area contributed by atoms with Crippen molar-refractivity contribution in [2.24, 2.45) is 10.9 Å². The molecule has 27 heavy (non-hydrogen) atoms. The number of nitrogens with zero attached hydrogens (tertiary/aromatic N) is 4. The van der Waals surface area contributed by atoms with Crippen molar-refractivity contribution in [2.75, 3.05) is 52.9 Å². The van der Waals surface area contributed by atoms with Crippen LogP contribution in [-0.2, 0) is 9.59 Å². The van der Waals surface area contributed by atoms with Crippen LogP contribution < -0.4 is 5.32 Å². The zero-order valence-electron chi connectivity index (χ0n) is 17.7. The van der Waals surface area contributed by atoms with E-state index in [0.717, 1.165) is 26.1 Å². The second-order valence-electron chi connectivity index (χ2n) is 6.99. The van der Waals surface area contributed by atoms with Gasteiger partial charge in [-0.2, -0.15) is 0 Å². The number of piperidine rings is 1. The summed E-state index contributed by atoms with van der Waals surface area (Å²) in [6, 6.07) is 0. The third kappa shape index (κ3) is 9.12. The fourth-order valence-corrected chi connectivity index (χ4v) is 3.26. The summed E-state index contributed by atoms with van der Waals surface area (Å²) >= 11 is 0. The standard InChI is InChI=1S/C19H37N5O2.HI/c1-6-20-19(22(5)15-18(26)23(7-2)8-3)21-12-11-17(25)24-13-9-10-16(4)14-24;/h16H,6-15H2,1-5H3,(H,20,21);1H. The second-order valence-corrected chi connectivity index (χ2v) is 6.99. The minimum absolute atomic E-state index is 0. The summed E-state index contributed by atoms with van der Waals surface area (Å²) in [5.74, 6) is 1.53. The maximum Gasteiger partial charge on any atom is 0.242 e. The van der Waals surface area contributed by atoms with E-state index >= 15 is 0 Å². The van der Waals surface area contributed by atoms with Gasteiger partial charge in [0.2, 0.25) is 11.8 Å². The summed E-state index contributed by atoms with van der Waals surface area (Å²) < 4.78 is 0. The normalized spacial score (nSPS) is 17.1. The lowest BCUT2D eigenvalue weighted by Gasteiger charge is -2.31. The molecular formula is C19H38IN5O2. The van der Waals surface area contributed by atoms with Crippen LogP contribution in [0.1, 0.15) is 47.0 Å². The summed E-state index contributed by atoms with van der Waals surface area (Å²) in [6.07, 6.45) is 2.71. The van der Waals surface area contributed by atoms with Crippen LogP contribution in [0.5, 0.6) is 0 Å². The van der Waals surface area contributed by atoms with Gasteiger partial charge < -0.3 is 20.0 Å². The first-order chi connectivity index (χ1) is 12.4. The lowest BCUT2D eigenvalue weighted by atomic mass is 10.00. The number of aliphatic imine (C=N–C) groups is 1. The monoisotopic (exact) mass is 495 g/mol. The number of guanidine groups is 1. The topological polar surface area (TPSA) is 68.2 Å². The van der Waals surface area contributed by atoms with Gasteiger partial charge in [0.25, 0.3) is 0 Å². The predicted octanol–water partition coefficient (Wildman–Crippen LogP) is 2.02. The van der Waals surface area contributed by atoms with Crippen molar-refractivity contribution in [3.05, 3.63) is 0 Å². The molecule has 1 heterocycles. The Morgan fingerprint density at radius 1 is 1.22 bits per heavy atom. The molecule has 0 aromatic carbocycles. The number of amides is 2. The zero-order chi connectivity index (χ0) is 19.5. The molecule has 8 heteroatoms. The van der Waals surface area contributed by atoms with Crippen molar-refractivity contribution >= 4 is 41.8 Å². The maximum absolute atomic E-state index is 12.4. The quantitative estimate of drug-likeness (QED) is 0.318. The van der Waals surface area contributed by atoms with Crippen molar-refractivity contribution in [1.29, 1.82) is 0 Å². The Kier molecular flexibility index (Phi) is 13.5. The van der Waals surface area contributed by atoms with Crippen LogP contribution in [0.2, 0.25) is 0 Å². The van der Waals surface area contributed by atoms with Crippen molar-refractivity contribution < 1.29 is 9.59 Å². The number of nitrogens with one attached hydrogen (secondary N) is 1. The van der Waals surface area contributed by atoms with E-state index in [-0.39, 0.29) is 42.3 Å². The minimum atomic E-state index is 0. The molecule has 0 radical (unpaired) electrons. The predicted molar refractivity (Wildman–Crippen MR) is 122 cm³/mol. The third-order valence-corrected chi connectivity index (χ3v) is 4.78. The number of carbonyl (C=O) groups is 2. The average Bonchev–Trinajstić information content (AvgIpc) is 2.61. The molecule has 1 saturated heterocycles. The molecule has 0 aromatic rings. The summed E-state index contributed by atoms with van der Waals surface area (Å²) in [4.78, 5) is 34.8. The Morgan fingerprint density at radius 2 is 1.89 bits per heavy atom. The van der Waals surface area contributed by atoms with E-state index < -0.39 is 0 Å². The fraction of sp³-hybridized carbons (Fsp3) is 0.842. The average molecular weight is 495 g/mol. The first-order valence-electron chi connectivity index (χ1n) is 9.97. The molecule has 1 aliphatic rings. The lowest BCUT2D eigenvalue weighted by molar-refractivity contribution is -0.133. The molecule has 1 atom stereocenters. The van der Waals surface area contributed by atoms with Gasteiger partial charge >= 0.3 is 0 Å². The number of rotatable bonds is 8. The number of likely N-dealkylation sites (tertiary alicyclic amines) is 1. The summed E-state index contributed by atoms with van der Waals surface area (Å²) in [5, 5.41) is 3.20. The molecule has 1 rings (SSSR count). The van der Waals surface area contributed by atoms with Gasteiger partial charge in [0.15, 0.2) is 5.96 Å². The highest BCUT2D eigenvalue weighted by atomic mass is 127. The van der Waals surface area contributed by atoms with Gasteiger partial charge in [0, 0.05) is 46.2 Å². The molecule has 0 aliphatic carbocycles. The van der Waals surface area contributed by atoms with Gasteiger partial charge in [-0.25, -0.2) is 0 Å². The molecule has 1 N–H and O–H groups in total. The lowest BCUT2D eigenvalue weighted by Crippen LogP contribution is -2.45. The summed E-state index contributed by atoms with van der Waals surface area (Å²) in [6.45, 7) is 12.7. The second kappa shape index (κ2) is 14.0. The summed E-state index contributed by atoms with van der Waals surface area (Å²) in [7, 11) is 1.86. The highest BCUT2D eigenvalue weighted by Gasteiger charge is 2.20. The molecule has 1 fully saturated rings. The van der Waals surface area contributed by atoms with Crippen molar-refractivity contribution in [1.82, 2.24) is 20.0 Å². The van der Waals surface area contributed by atoms with E-state index in [1.54, 1.807) is 4.90 Å². The van der Waals surface area contributed by atoms with Gasteiger partial charge in [-0.15, -0.1) is 24.0 Å². The van der Waals surface area contributed by atoms with E-state index in [1.165, 1.54) is 6.42 Å². The van der Waals surface area contributed by atoms with Crippen LogP contribution >= 0.6 is 24.0 Å². The molecule has 0 aromatic heterocycles. The molecule has 158 valence electrons. The minimum Gasteiger partial charge on any atom is -0.357 e. The van der Waals surface area contributed by atoms with Crippen LogP contribution in [0.15, 0.2) is 4.99 Å². The number of carbonyl (C=O) groups excluding carboxylic acids is 2. The van der Waals surface area contributed by atoms with E-state index in [9.17, 15) is 9.59 Å². The van der Waals surface area contributed by atoms with E-state index in [0.29, 0.717) is 37.9 Å². The number of likely N-dealkylation sites (N-methyl/N-ethyl adjacent to an activating group) is 2. The smallest absolute Gasteiger partial charge is 0.242 e. The molecule has 0 saturated carbocycles. The Morgan fingerprint density at radius 3 is 2.44 bits per heavy atom.